The van der Waals surface area contributed by atoms with Crippen molar-refractivity contribution >= 4 is 11.6 Å². The summed E-state index contributed by atoms with van der Waals surface area (Å²) in [5.41, 5.74) is 6.87. The molecule has 0 bridgehead atoms. The van der Waals surface area contributed by atoms with Gasteiger partial charge in [-0.15, -0.1) is 0 Å². The molecule has 1 unspecified atom stereocenters. The topological polar surface area (TPSA) is 39.2 Å². The Morgan fingerprint density at radius 3 is 2.73 bits per heavy atom. The lowest BCUT2D eigenvalue weighted by molar-refractivity contribution is 0.559. The van der Waals surface area contributed by atoms with E-state index in [-0.39, 0.29) is 0 Å². The molecule has 0 spiro atoms. The van der Waals surface area contributed by atoms with E-state index >= 15 is 0 Å². The van der Waals surface area contributed by atoms with Gasteiger partial charge in [-0.3, -0.25) is 0 Å². The molecular formula is C11H9ClFNO. The van der Waals surface area contributed by atoms with E-state index in [2.05, 4.69) is 0 Å². The Morgan fingerprint density at radius 2 is 2.13 bits per heavy atom. The van der Waals surface area contributed by atoms with Gasteiger partial charge in [0.1, 0.15) is 5.82 Å². The molecule has 0 saturated heterocycles. The monoisotopic (exact) mass is 225 g/mol. The Balaban J connectivity index is 2.46. The summed E-state index contributed by atoms with van der Waals surface area (Å²) in [6.07, 6.45) is 2.97. The molecule has 1 aromatic carbocycles. The van der Waals surface area contributed by atoms with Gasteiger partial charge in [0.2, 0.25) is 0 Å². The summed E-state index contributed by atoms with van der Waals surface area (Å²) in [6.45, 7) is 0. The minimum atomic E-state index is -0.600. The molecule has 2 aromatic rings. The largest absolute Gasteiger partial charge is 0.472 e. The third-order valence-corrected chi connectivity index (χ3v) is 2.54. The highest BCUT2D eigenvalue weighted by Gasteiger charge is 2.17. The number of furan rings is 1. The summed E-state index contributed by atoms with van der Waals surface area (Å²) in [6, 6.07) is 5.58. The molecule has 0 aliphatic carbocycles. The zero-order valence-corrected chi connectivity index (χ0v) is 8.54. The highest BCUT2D eigenvalue weighted by atomic mass is 35.5. The van der Waals surface area contributed by atoms with Gasteiger partial charge in [0.15, 0.2) is 0 Å². The number of hydrogen-bond donors (Lipinski definition) is 1. The molecule has 1 heterocycles. The minimum Gasteiger partial charge on any atom is -0.472 e. The van der Waals surface area contributed by atoms with Crippen LogP contribution in [0.5, 0.6) is 0 Å². The molecule has 2 nitrogen and oxygen atoms in total. The molecular weight excluding hydrogens is 217 g/mol. The molecule has 1 aromatic heterocycles. The normalized spacial score (nSPS) is 12.7. The van der Waals surface area contributed by atoms with Crippen molar-refractivity contribution in [2.75, 3.05) is 0 Å². The first-order valence-electron chi connectivity index (χ1n) is 4.41. The molecule has 0 amide bonds. The molecule has 15 heavy (non-hydrogen) atoms. The zero-order valence-electron chi connectivity index (χ0n) is 7.78. The fraction of sp³-hybridized carbons (Fsp3) is 0.0909. The first kappa shape index (κ1) is 10.2. The van der Waals surface area contributed by atoms with Gasteiger partial charge in [0.05, 0.1) is 18.6 Å². The van der Waals surface area contributed by atoms with Gasteiger partial charge in [-0.2, -0.15) is 0 Å². The first-order valence-corrected chi connectivity index (χ1v) is 4.79. The molecule has 0 saturated carbocycles. The average Bonchev–Trinajstić information content (AvgIpc) is 2.69. The number of rotatable bonds is 2. The van der Waals surface area contributed by atoms with Crippen LogP contribution in [0, 0.1) is 5.82 Å². The third-order valence-electron chi connectivity index (χ3n) is 2.21. The molecule has 4 heteroatoms. The third kappa shape index (κ3) is 1.89. The lowest BCUT2D eigenvalue weighted by atomic mass is 10.0. The Bertz CT molecular complexity index is 435. The Labute approximate surface area is 91.5 Å². The number of benzene rings is 1. The summed E-state index contributed by atoms with van der Waals surface area (Å²) in [7, 11) is 0. The second-order valence-electron chi connectivity index (χ2n) is 3.17. The van der Waals surface area contributed by atoms with Crippen LogP contribution in [0.4, 0.5) is 4.39 Å². The summed E-state index contributed by atoms with van der Waals surface area (Å²) in [5.74, 6) is -0.406. The van der Waals surface area contributed by atoms with Crippen LogP contribution in [0.15, 0.2) is 41.2 Å². The van der Waals surface area contributed by atoms with Crippen molar-refractivity contribution in [3.8, 4) is 0 Å². The quantitative estimate of drug-likeness (QED) is 0.853. The molecule has 0 aliphatic rings. The summed E-state index contributed by atoms with van der Waals surface area (Å²) >= 11 is 5.89. The second kappa shape index (κ2) is 4.04. The molecule has 0 fully saturated rings. The van der Waals surface area contributed by atoms with Crippen LogP contribution in [0.2, 0.25) is 5.02 Å². The fourth-order valence-corrected chi connectivity index (χ4v) is 1.71. The van der Waals surface area contributed by atoms with Crippen molar-refractivity contribution in [2.45, 2.75) is 6.04 Å². The van der Waals surface area contributed by atoms with Crippen LogP contribution in [0.1, 0.15) is 17.2 Å². The lowest BCUT2D eigenvalue weighted by Crippen LogP contribution is -2.13. The Kier molecular flexibility index (Phi) is 2.75. The summed E-state index contributed by atoms with van der Waals surface area (Å²) in [5, 5.41) is 0.323. The van der Waals surface area contributed by atoms with E-state index in [0.717, 1.165) is 0 Å². The van der Waals surface area contributed by atoms with Gasteiger partial charge in [0.25, 0.3) is 0 Å². The van der Waals surface area contributed by atoms with Crippen LogP contribution in [0.3, 0.4) is 0 Å². The number of halogens is 2. The van der Waals surface area contributed by atoms with E-state index in [1.54, 1.807) is 18.2 Å². The predicted octanol–water partition coefficient (Wildman–Crippen LogP) is 3.12. The van der Waals surface area contributed by atoms with Crippen LogP contribution in [0.25, 0.3) is 0 Å². The molecule has 0 radical (unpaired) electrons. The molecule has 0 aliphatic heterocycles. The lowest BCUT2D eigenvalue weighted by Gasteiger charge is -2.12. The maximum Gasteiger partial charge on any atom is 0.129 e. The van der Waals surface area contributed by atoms with E-state index in [4.69, 9.17) is 21.8 Å². The highest BCUT2D eigenvalue weighted by molar-refractivity contribution is 6.31. The van der Waals surface area contributed by atoms with Crippen molar-refractivity contribution in [1.82, 2.24) is 0 Å². The van der Waals surface area contributed by atoms with E-state index in [0.29, 0.717) is 16.1 Å². The van der Waals surface area contributed by atoms with E-state index in [1.807, 2.05) is 0 Å². The standard InChI is InChI=1S/C11H9ClFNO/c12-8-2-1-3-9(13)10(8)11(14)7-4-5-15-6-7/h1-6,11H,14H2. The van der Waals surface area contributed by atoms with Crippen molar-refractivity contribution < 1.29 is 8.81 Å². The van der Waals surface area contributed by atoms with Gasteiger partial charge in [-0.05, 0) is 18.2 Å². The maximum absolute atomic E-state index is 13.5. The molecule has 78 valence electrons. The van der Waals surface area contributed by atoms with Gasteiger partial charge in [-0.25, -0.2) is 4.39 Å². The van der Waals surface area contributed by atoms with Crippen molar-refractivity contribution in [3.05, 3.63) is 58.8 Å². The van der Waals surface area contributed by atoms with Gasteiger partial charge in [-0.1, -0.05) is 17.7 Å². The van der Waals surface area contributed by atoms with E-state index in [9.17, 15) is 4.39 Å². The van der Waals surface area contributed by atoms with Gasteiger partial charge in [0, 0.05) is 16.1 Å². The number of hydrogen-bond acceptors (Lipinski definition) is 2. The predicted molar refractivity (Wildman–Crippen MR) is 56.1 cm³/mol. The SMILES string of the molecule is NC(c1ccoc1)c1c(F)cccc1Cl. The maximum atomic E-state index is 13.5. The first-order chi connectivity index (χ1) is 7.20. The fourth-order valence-electron chi connectivity index (χ4n) is 1.43. The Morgan fingerprint density at radius 1 is 1.33 bits per heavy atom. The highest BCUT2D eigenvalue weighted by Crippen LogP contribution is 2.28. The van der Waals surface area contributed by atoms with Gasteiger partial charge < -0.3 is 10.2 Å². The van der Waals surface area contributed by atoms with E-state index < -0.39 is 11.9 Å². The molecule has 2 N–H and O–H groups in total. The molecule has 2 rings (SSSR count). The van der Waals surface area contributed by atoms with Crippen molar-refractivity contribution in [3.63, 3.8) is 0 Å². The van der Waals surface area contributed by atoms with Crippen molar-refractivity contribution in [1.29, 1.82) is 0 Å². The van der Waals surface area contributed by atoms with E-state index in [1.165, 1.54) is 18.6 Å². The summed E-state index contributed by atoms with van der Waals surface area (Å²) < 4.78 is 18.4. The number of nitrogens with two attached hydrogens (primary N) is 1. The van der Waals surface area contributed by atoms with Gasteiger partial charge >= 0.3 is 0 Å². The van der Waals surface area contributed by atoms with Crippen LogP contribution >= 0.6 is 11.6 Å². The zero-order chi connectivity index (χ0) is 10.8. The smallest absolute Gasteiger partial charge is 0.129 e. The molecule has 1 atom stereocenters. The van der Waals surface area contributed by atoms with Crippen molar-refractivity contribution in [2.24, 2.45) is 5.73 Å². The van der Waals surface area contributed by atoms with Crippen LogP contribution < -0.4 is 5.73 Å². The van der Waals surface area contributed by atoms with Crippen LogP contribution in [-0.2, 0) is 0 Å². The summed E-state index contributed by atoms with van der Waals surface area (Å²) in [4.78, 5) is 0. The average molecular weight is 226 g/mol. The minimum absolute atomic E-state index is 0.292. The Hall–Kier alpha value is -1.32. The van der Waals surface area contributed by atoms with Crippen LogP contribution in [-0.4, -0.2) is 0 Å². The second-order valence-corrected chi connectivity index (χ2v) is 3.58.